The quantitative estimate of drug-likeness (QED) is 0.765. The molecule has 1 aliphatic rings. The zero-order valence-corrected chi connectivity index (χ0v) is 8.96. The number of benzene rings is 1. The maximum atomic E-state index is 3.27. The molecule has 0 radical (unpaired) electrons. The summed E-state index contributed by atoms with van der Waals surface area (Å²) in [6, 6.07) is 8.74. The third-order valence-corrected chi connectivity index (χ3v) is 3.05. The van der Waals surface area contributed by atoms with E-state index >= 15 is 0 Å². The molecule has 1 unspecified atom stereocenters. The Labute approximate surface area is 85.9 Å². The molecule has 1 N–H and O–H groups in total. The molecule has 0 saturated heterocycles. The summed E-state index contributed by atoms with van der Waals surface area (Å²) < 4.78 is 0. The van der Waals surface area contributed by atoms with Gasteiger partial charge in [-0.3, -0.25) is 0 Å². The van der Waals surface area contributed by atoms with Gasteiger partial charge in [-0.25, -0.2) is 0 Å². The second kappa shape index (κ2) is 4.01. The van der Waals surface area contributed by atoms with Crippen molar-refractivity contribution in [3.63, 3.8) is 0 Å². The Morgan fingerprint density at radius 2 is 2.21 bits per heavy atom. The van der Waals surface area contributed by atoms with Crippen LogP contribution < -0.4 is 10.2 Å². The van der Waals surface area contributed by atoms with Gasteiger partial charge in [0.15, 0.2) is 0 Å². The summed E-state index contributed by atoms with van der Waals surface area (Å²) in [6.07, 6.45) is 1.26. The molecule has 0 fully saturated rings. The molecule has 1 aliphatic heterocycles. The first-order valence-electron chi connectivity index (χ1n) is 5.27. The summed E-state index contributed by atoms with van der Waals surface area (Å²) in [6.45, 7) is 2.26. The predicted octanol–water partition coefficient (Wildman–Crippen LogP) is 1.83. The van der Waals surface area contributed by atoms with E-state index in [9.17, 15) is 0 Å². The molecule has 1 aromatic rings. The first kappa shape index (κ1) is 9.53. The molecule has 1 aromatic carbocycles. The van der Waals surface area contributed by atoms with Gasteiger partial charge in [0.2, 0.25) is 0 Å². The summed E-state index contributed by atoms with van der Waals surface area (Å²) in [5.74, 6) is 0.687. The minimum absolute atomic E-state index is 0.687. The molecule has 2 nitrogen and oxygen atoms in total. The second-order valence-corrected chi connectivity index (χ2v) is 4.02. The third-order valence-electron chi connectivity index (χ3n) is 3.05. The van der Waals surface area contributed by atoms with Gasteiger partial charge >= 0.3 is 0 Å². The zero-order chi connectivity index (χ0) is 9.97. The number of nitrogens with zero attached hydrogens (tertiary/aromatic N) is 1. The second-order valence-electron chi connectivity index (χ2n) is 4.02. The molecule has 1 heterocycles. The van der Waals surface area contributed by atoms with E-state index in [1.54, 1.807) is 0 Å². The van der Waals surface area contributed by atoms with Crippen LogP contribution in [-0.4, -0.2) is 27.2 Å². The molecular formula is C12H18N2. The molecule has 14 heavy (non-hydrogen) atoms. The van der Waals surface area contributed by atoms with Gasteiger partial charge in [0.05, 0.1) is 0 Å². The van der Waals surface area contributed by atoms with Gasteiger partial charge in [0, 0.05) is 31.7 Å². The smallest absolute Gasteiger partial charge is 0.0399 e. The van der Waals surface area contributed by atoms with Crippen molar-refractivity contribution in [2.45, 2.75) is 12.3 Å². The summed E-state index contributed by atoms with van der Waals surface area (Å²) in [4.78, 5) is 2.35. The number of para-hydroxylation sites is 1. The molecule has 1 atom stereocenters. The summed E-state index contributed by atoms with van der Waals surface area (Å²) in [5.41, 5.74) is 2.90. The highest BCUT2D eigenvalue weighted by Crippen LogP contribution is 2.33. The lowest BCUT2D eigenvalue weighted by molar-refractivity contribution is 0.561. The minimum atomic E-state index is 0.687. The molecule has 0 saturated carbocycles. The van der Waals surface area contributed by atoms with E-state index in [4.69, 9.17) is 0 Å². The zero-order valence-electron chi connectivity index (χ0n) is 8.96. The van der Waals surface area contributed by atoms with Crippen LogP contribution in [0.5, 0.6) is 0 Å². The van der Waals surface area contributed by atoms with Crippen LogP contribution in [0.3, 0.4) is 0 Å². The third kappa shape index (κ3) is 1.62. The van der Waals surface area contributed by atoms with Crippen molar-refractivity contribution >= 4 is 5.69 Å². The van der Waals surface area contributed by atoms with E-state index in [0.717, 1.165) is 6.54 Å². The number of anilines is 1. The average molecular weight is 190 g/mol. The highest BCUT2D eigenvalue weighted by atomic mass is 15.1. The first-order chi connectivity index (χ1) is 6.83. The molecule has 2 heteroatoms. The summed E-state index contributed by atoms with van der Waals surface area (Å²) in [7, 11) is 4.20. The largest absolute Gasteiger partial charge is 0.374 e. The van der Waals surface area contributed by atoms with Crippen LogP contribution >= 0.6 is 0 Å². The van der Waals surface area contributed by atoms with Crippen LogP contribution in [0.2, 0.25) is 0 Å². The van der Waals surface area contributed by atoms with Crippen molar-refractivity contribution in [2.24, 2.45) is 0 Å². The van der Waals surface area contributed by atoms with Crippen LogP contribution in [0, 0.1) is 0 Å². The number of nitrogens with one attached hydrogen (secondary N) is 1. The lowest BCUT2D eigenvalue weighted by Gasteiger charge is -2.33. The Morgan fingerprint density at radius 1 is 1.43 bits per heavy atom. The van der Waals surface area contributed by atoms with Gasteiger partial charge in [-0.05, 0) is 25.1 Å². The van der Waals surface area contributed by atoms with E-state index in [-0.39, 0.29) is 0 Å². The van der Waals surface area contributed by atoms with E-state index in [0.29, 0.717) is 5.92 Å². The molecule has 0 aromatic heterocycles. The van der Waals surface area contributed by atoms with Crippen molar-refractivity contribution in [1.29, 1.82) is 0 Å². The Balaban J connectivity index is 2.31. The molecule has 0 spiro atoms. The van der Waals surface area contributed by atoms with Gasteiger partial charge in [0.25, 0.3) is 0 Å². The topological polar surface area (TPSA) is 15.3 Å². The summed E-state index contributed by atoms with van der Waals surface area (Å²) in [5, 5.41) is 3.27. The van der Waals surface area contributed by atoms with Crippen molar-refractivity contribution in [1.82, 2.24) is 5.32 Å². The number of hydrogen-bond acceptors (Lipinski definition) is 2. The molecule has 0 aliphatic carbocycles. The fourth-order valence-electron chi connectivity index (χ4n) is 2.26. The highest BCUT2D eigenvalue weighted by molar-refractivity contribution is 5.56. The van der Waals surface area contributed by atoms with Gasteiger partial charge < -0.3 is 10.2 Å². The Kier molecular flexibility index (Phi) is 2.73. The SMILES string of the molecule is CNCC1CCN(C)c2ccccc21. The van der Waals surface area contributed by atoms with Crippen LogP contribution in [-0.2, 0) is 0 Å². The Hall–Kier alpha value is -1.02. The number of likely N-dealkylation sites (N-methyl/N-ethyl adjacent to an activating group) is 1. The van der Waals surface area contributed by atoms with Crippen molar-refractivity contribution in [3.05, 3.63) is 29.8 Å². The average Bonchev–Trinajstić information content (AvgIpc) is 2.23. The normalized spacial score (nSPS) is 20.7. The first-order valence-corrected chi connectivity index (χ1v) is 5.27. The van der Waals surface area contributed by atoms with E-state index in [1.165, 1.54) is 24.2 Å². The standard InChI is InChI=1S/C12H18N2/c1-13-9-10-7-8-14(2)12-6-4-3-5-11(10)12/h3-6,10,13H,7-9H2,1-2H3. The number of hydrogen-bond donors (Lipinski definition) is 1. The van der Waals surface area contributed by atoms with Gasteiger partial charge in [-0.1, -0.05) is 18.2 Å². The lowest BCUT2D eigenvalue weighted by Crippen LogP contribution is -2.30. The molecule has 2 rings (SSSR count). The Morgan fingerprint density at radius 3 is 3.00 bits per heavy atom. The molecule has 0 amide bonds. The predicted molar refractivity (Wildman–Crippen MR) is 61.0 cm³/mol. The van der Waals surface area contributed by atoms with Crippen LogP contribution in [0.15, 0.2) is 24.3 Å². The minimum Gasteiger partial charge on any atom is -0.374 e. The van der Waals surface area contributed by atoms with Crippen LogP contribution in [0.1, 0.15) is 17.9 Å². The number of rotatable bonds is 2. The summed E-state index contributed by atoms with van der Waals surface area (Å²) >= 11 is 0. The monoisotopic (exact) mass is 190 g/mol. The molecule has 76 valence electrons. The van der Waals surface area contributed by atoms with Crippen molar-refractivity contribution in [2.75, 3.05) is 32.1 Å². The van der Waals surface area contributed by atoms with E-state index in [2.05, 4.69) is 41.5 Å². The Bertz CT molecular complexity index is 309. The van der Waals surface area contributed by atoms with Crippen LogP contribution in [0.4, 0.5) is 5.69 Å². The highest BCUT2D eigenvalue weighted by Gasteiger charge is 2.21. The van der Waals surface area contributed by atoms with Gasteiger partial charge in [-0.2, -0.15) is 0 Å². The fourth-order valence-corrected chi connectivity index (χ4v) is 2.26. The maximum Gasteiger partial charge on any atom is 0.0399 e. The molecule has 0 bridgehead atoms. The number of fused-ring (bicyclic) bond motifs is 1. The van der Waals surface area contributed by atoms with Crippen LogP contribution in [0.25, 0.3) is 0 Å². The van der Waals surface area contributed by atoms with Gasteiger partial charge in [-0.15, -0.1) is 0 Å². The maximum absolute atomic E-state index is 3.27. The van der Waals surface area contributed by atoms with Crippen molar-refractivity contribution in [3.8, 4) is 0 Å². The fraction of sp³-hybridized carbons (Fsp3) is 0.500. The van der Waals surface area contributed by atoms with E-state index < -0.39 is 0 Å². The van der Waals surface area contributed by atoms with Crippen molar-refractivity contribution < 1.29 is 0 Å². The molecular weight excluding hydrogens is 172 g/mol. The lowest BCUT2D eigenvalue weighted by atomic mass is 9.90. The van der Waals surface area contributed by atoms with E-state index in [1.807, 2.05) is 7.05 Å². The van der Waals surface area contributed by atoms with Gasteiger partial charge in [0.1, 0.15) is 0 Å².